The number of carboxylic acids is 1. The van der Waals surface area contributed by atoms with E-state index in [1.54, 1.807) is 13.8 Å². The molecule has 1 heterocycles. The van der Waals surface area contributed by atoms with E-state index in [0.717, 1.165) is 0 Å². The van der Waals surface area contributed by atoms with E-state index < -0.39 is 17.5 Å². The third kappa shape index (κ3) is 3.83. The number of nitrogens with one attached hydrogen (secondary N) is 1. The first-order valence-corrected chi connectivity index (χ1v) is 6.20. The predicted octanol–water partition coefficient (Wildman–Crippen LogP) is 0.421. The van der Waals surface area contributed by atoms with Gasteiger partial charge in [0.15, 0.2) is 6.10 Å². The van der Waals surface area contributed by atoms with Gasteiger partial charge in [0.1, 0.15) is 0 Å². The molecule has 0 radical (unpaired) electrons. The first kappa shape index (κ1) is 15.2. The highest BCUT2D eigenvalue weighted by atomic mass is 16.5. The molecule has 0 saturated carbocycles. The molecule has 7 nitrogen and oxygen atoms in total. The molecule has 0 aromatic carbocycles. The lowest BCUT2D eigenvalue weighted by atomic mass is 9.88. The Morgan fingerprint density at radius 3 is 2.84 bits per heavy atom. The number of urea groups is 1. The largest absolute Gasteiger partial charge is 0.481 e. The number of aliphatic carboxylic acids is 1. The Hall–Kier alpha value is -1.81. The van der Waals surface area contributed by atoms with E-state index in [-0.39, 0.29) is 19.1 Å². The molecule has 2 atom stereocenters. The number of nitriles is 1. The summed E-state index contributed by atoms with van der Waals surface area (Å²) < 4.78 is 5.14. The van der Waals surface area contributed by atoms with Crippen LogP contribution in [-0.2, 0) is 9.53 Å². The zero-order valence-electron chi connectivity index (χ0n) is 11.2. The van der Waals surface area contributed by atoms with Crippen LogP contribution in [0, 0.1) is 16.7 Å². The summed E-state index contributed by atoms with van der Waals surface area (Å²) in [5.41, 5.74) is -0.976. The van der Waals surface area contributed by atoms with Gasteiger partial charge in [-0.1, -0.05) is 6.92 Å². The number of nitrogens with zero attached hydrogens (tertiary/aromatic N) is 2. The van der Waals surface area contributed by atoms with Crippen LogP contribution >= 0.6 is 0 Å². The van der Waals surface area contributed by atoms with Crippen LogP contribution in [0.4, 0.5) is 4.79 Å². The van der Waals surface area contributed by atoms with Gasteiger partial charge in [-0.15, -0.1) is 0 Å². The Kier molecular flexibility index (Phi) is 5.12. The van der Waals surface area contributed by atoms with E-state index in [4.69, 9.17) is 15.1 Å². The van der Waals surface area contributed by atoms with Crippen LogP contribution in [0.1, 0.15) is 20.3 Å². The van der Waals surface area contributed by atoms with E-state index in [1.807, 2.05) is 6.07 Å². The van der Waals surface area contributed by atoms with Crippen molar-refractivity contribution in [1.29, 1.82) is 5.26 Å². The molecule has 1 fully saturated rings. The number of ether oxygens (including phenoxy) is 1. The van der Waals surface area contributed by atoms with Crippen molar-refractivity contribution in [2.45, 2.75) is 26.4 Å². The minimum absolute atomic E-state index is 0.0618. The van der Waals surface area contributed by atoms with E-state index in [2.05, 4.69) is 5.32 Å². The average molecular weight is 269 g/mol. The second-order valence-corrected chi connectivity index (χ2v) is 4.81. The van der Waals surface area contributed by atoms with E-state index in [9.17, 15) is 9.59 Å². The van der Waals surface area contributed by atoms with Gasteiger partial charge in [0.25, 0.3) is 0 Å². The van der Waals surface area contributed by atoms with Crippen LogP contribution in [0.3, 0.4) is 0 Å². The molecule has 19 heavy (non-hydrogen) atoms. The maximum absolute atomic E-state index is 11.9. The molecule has 2 N–H and O–H groups in total. The third-order valence-electron chi connectivity index (χ3n) is 3.42. The maximum atomic E-state index is 11.9. The Morgan fingerprint density at radius 1 is 1.63 bits per heavy atom. The first-order chi connectivity index (χ1) is 8.92. The third-order valence-corrected chi connectivity index (χ3v) is 3.42. The molecule has 0 spiro atoms. The fourth-order valence-electron chi connectivity index (χ4n) is 1.65. The highest BCUT2D eigenvalue weighted by molar-refractivity contribution is 5.78. The Labute approximate surface area is 112 Å². The maximum Gasteiger partial charge on any atom is 0.317 e. The van der Waals surface area contributed by atoms with Crippen LogP contribution in [0.5, 0.6) is 0 Å². The highest BCUT2D eigenvalue weighted by Gasteiger charge is 2.32. The number of amides is 2. The van der Waals surface area contributed by atoms with Crippen LogP contribution < -0.4 is 5.32 Å². The number of rotatable bonds is 4. The van der Waals surface area contributed by atoms with Crippen LogP contribution in [0.25, 0.3) is 0 Å². The monoisotopic (exact) mass is 269 g/mol. The lowest BCUT2D eigenvalue weighted by Crippen LogP contribution is -2.51. The molecule has 0 aromatic heterocycles. The minimum atomic E-state index is -0.976. The molecule has 1 saturated heterocycles. The van der Waals surface area contributed by atoms with Crippen molar-refractivity contribution in [3.8, 4) is 6.07 Å². The fourth-order valence-corrected chi connectivity index (χ4v) is 1.65. The summed E-state index contributed by atoms with van der Waals surface area (Å²) in [5.74, 6) is -0.938. The van der Waals surface area contributed by atoms with Crippen molar-refractivity contribution < 1.29 is 19.4 Å². The minimum Gasteiger partial charge on any atom is -0.481 e. The number of carboxylic acid groups (broad SMARTS) is 1. The van der Waals surface area contributed by atoms with Gasteiger partial charge in [0, 0.05) is 13.1 Å². The number of carbonyl (C=O) groups is 2. The van der Waals surface area contributed by atoms with E-state index in [1.165, 1.54) is 4.90 Å². The number of morpholine rings is 1. The summed E-state index contributed by atoms with van der Waals surface area (Å²) in [5, 5.41) is 20.5. The lowest BCUT2D eigenvalue weighted by molar-refractivity contribution is -0.147. The van der Waals surface area contributed by atoms with Gasteiger partial charge < -0.3 is 20.1 Å². The molecular weight excluding hydrogens is 250 g/mol. The molecule has 1 rings (SSSR count). The molecule has 106 valence electrons. The number of hydrogen-bond acceptors (Lipinski definition) is 4. The second kappa shape index (κ2) is 6.38. The molecule has 0 bridgehead atoms. The molecule has 1 aliphatic rings. The summed E-state index contributed by atoms with van der Waals surface area (Å²) in [6.07, 6.45) is -0.191. The Morgan fingerprint density at radius 2 is 2.32 bits per heavy atom. The van der Waals surface area contributed by atoms with Gasteiger partial charge in [-0.05, 0) is 13.3 Å². The Bertz CT molecular complexity index is 393. The standard InChI is InChI=1S/C12H19N3O4/c1-3-12(2,10(16)17)8-14-11(18)15-4-5-19-9(6-13)7-15/h9H,3-5,7-8H2,1-2H3,(H,14,18)(H,16,17). The van der Waals surface area contributed by atoms with Crippen molar-refractivity contribution >= 4 is 12.0 Å². The van der Waals surface area contributed by atoms with Crippen molar-refractivity contribution in [1.82, 2.24) is 10.2 Å². The molecule has 0 aromatic rings. The topological polar surface area (TPSA) is 103 Å². The SMILES string of the molecule is CCC(C)(CNC(=O)N1CCOC(C#N)C1)C(=O)O. The first-order valence-electron chi connectivity index (χ1n) is 6.20. The second-order valence-electron chi connectivity index (χ2n) is 4.81. The molecule has 7 heteroatoms. The van der Waals surface area contributed by atoms with Crippen LogP contribution in [0.15, 0.2) is 0 Å². The average Bonchev–Trinajstić information content (AvgIpc) is 2.44. The van der Waals surface area contributed by atoms with E-state index >= 15 is 0 Å². The van der Waals surface area contributed by atoms with Crippen molar-refractivity contribution in [3.63, 3.8) is 0 Å². The summed E-state index contributed by atoms with van der Waals surface area (Å²) in [4.78, 5) is 24.5. The molecular formula is C12H19N3O4. The van der Waals surface area contributed by atoms with Crippen molar-refractivity contribution in [2.24, 2.45) is 5.41 Å². The van der Waals surface area contributed by atoms with E-state index in [0.29, 0.717) is 19.6 Å². The van der Waals surface area contributed by atoms with Gasteiger partial charge in [-0.3, -0.25) is 4.79 Å². The summed E-state index contributed by atoms with van der Waals surface area (Å²) >= 11 is 0. The van der Waals surface area contributed by atoms with Crippen molar-refractivity contribution in [3.05, 3.63) is 0 Å². The van der Waals surface area contributed by atoms with Gasteiger partial charge >= 0.3 is 12.0 Å². The van der Waals surface area contributed by atoms with Gasteiger partial charge in [0.05, 0.1) is 24.6 Å². The molecule has 2 amide bonds. The lowest BCUT2D eigenvalue weighted by Gasteiger charge is -2.31. The summed E-state index contributed by atoms with van der Waals surface area (Å²) in [6.45, 7) is 4.34. The Balaban J connectivity index is 2.51. The summed E-state index contributed by atoms with van der Waals surface area (Å²) in [6, 6.07) is 1.60. The van der Waals surface area contributed by atoms with Crippen LogP contribution in [0.2, 0.25) is 0 Å². The molecule has 0 aliphatic carbocycles. The zero-order valence-corrected chi connectivity index (χ0v) is 11.2. The quantitative estimate of drug-likeness (QED) is 0.770. The fraction of sp³-hybridized carbons (Fsp3) is 0.750. The van der Waals surface area contributed by atoms with Gasteiger partial charge in [-0.25, -0.2) is 4.79 Å². The number of carbonyl (C=O) groups excluding carboxylic acids is 1. The summed E-state index contributed by atoms with van der Waals surface area (Å²) in [7, 11) is 0. The predicted molar refractivity (Wildman–Crippen MR) is 66.4 cm³/mol. The van der Waals surface area contributed by atoms with Gasteiger partial charge in [0.2, 0.25) is 0 Å². The zero-order chi connectivity index (χ0) is 14.5. The highest BCUT2D eigenvalue weighted by Crippen LogP contribution is 2.20. The molecule has 1 aliphatic heterocycles. The van der Waals surface area contributed by atoms with Gasteiger partial charge in [-0.2, -0.15) is 5.26 Å². The molecule has 2 unspecified atom stereocenters. The number of hydrogen-bond donors (Lipinski definition) is 2. The normalized spacial score (nSPS) is 22.2. The smallest absolute Gasteiger partial charge is 0.317 e. The van der Waals surface area contributed by atoms with Crippen LogP contribution in [-0.4, -0.2) is 54.4 Å². The van der Waals surface area contributed by atoms with Crippen molar-refractivity contribution in [2.75, 3.05) is 26.2 Å².